The first kappa shape index (κ1) is 28.8. The Balaban J connectivity index is 1.60. The molecule has 190 valence electrons. The molecule has 2 rings (SSSR count). The second kappa shape index (κ2) is 14.2. The molecule has 34 heavy (non-hydrogen) atoms. The molecule has 1 heterocycles. The molecule has 7 nitrogen and oxygen atoms in total. The third-order valence-electron chi connectivity index (χ3n) is 5.18. The average Bonchev–Trinajstić information content (AvgIpc) is 2.77. The number of hydrogen-bond donors (Lipinski definition) is 5. The molecule has 0 saturated heterocycles. The Hall–Kier alpha value is -1.41. The van der Waals surface area contributed by atoms with Crippen LogP contribution in [-0.2, 0) is 16.0 Å². The third kappa shape index (κ3) is 9.33. The van der Waals surface area contributed by atoms with Crippen LogP contribution in [0.2, 0.25) is 0 Å². The van der Waals surface area contributed by atoms with Gasteiger partial charge in [0.05, 0.1) is 0 Å². The summed E-state index contributed by atoms with van der Waals surface area (Å²) in [6.07, 6.45) is 3.97. The molecular weight excluding hydrogens is 625 g/mol. The van der Waals surface area contributed by atoms with Gasteiger partial charge in [-0.05, 0) is 30.2 Å². The molecule has 1 aromatic carbocycles. The predicted molar refractivity (Wildman–Crippen MR) is 142 cm³/mol. The summed E-state index contributed by atoms with van der Waals surface area (Å²) in [5.41, 5.74) is 12.2. The Bertz CT molecular complexity index is 918. The first-order valence-corrected chi connectivity index (χ1v) is 15.5. The molecule has 1 aliphatic heterocycles. The van der Waals surface area contributed by atoms with Gasteiger partial charge < -0.3 is 5.73 Å². The van der Waals surface area contributed by atoms with Gasteiger partial charge in [-0.2, -0.15) is 0 Å². The van der Waals surface area contributed by atoms with Gasteiger partial charge in [0.25, 0.3) is 0 Å². The fourth-order valence-electron chi connectivity index (χ4n) is 3.35. The zero-order chi connectivity index (χ0) is 25.3. The van der Waals surface area contributed by atoms with Gasteiger partial charge in [0, 0.05) is 0 Å². The van der Waals surface area contributed by atoms with Crippen LogP contribution in [0.15, 0.2) is 38.9 Å². The Kier molecular flexibility index (Phi) is 12.1. The summed E-state index contributed by atoms with van der Waals surface area (Å²) in [5.74, 6) is -1.88. The van der Waals surface area contributed by atoms with E-state index in [1.165, 1.54) is 0 Å². The van der Waals surface area contributed by atoms with Crippen LogP contribution in [0.1, 0.15) is 31.7 Å². The minimum atomic E-state index is -1.89. The third-order valence-corrected chi connectivity index (χ3v) is 11.9. The quantitative estimate of drug-likeness (QED) is 0.102. The van der Waals surface area contributed by atoms with E-state index < -0.39 is 53.6 Å². The van der Waals surface area contributed by atoms with Gasteiger partial charge in [-0.15, -0.1) is 0 Å². The standard InChI is InChI=1S/C23H32BrF2IN4O3/c1-14-10-16(24)6-7-27(14)22(29)21(33)23(34)31-9-3-2-8-30-20(32)13-18(28)12-15-11-17(25)4-5-19(15)26/h4-7,10-11,14,18,21-22,33H,2-3,8-9,12-13,28-29H2,1H3,(H,30,32)(H,31,34)/t14?,18?,21-,22-/m0/s1. The van der Waals surface area contributed by atoms with Crippen LogP contribution < -0.4 is 22.1 Å². The number of carbonyl (C=O) groups is 2. The van der Waals surface area contributed by atoms with Gasteiger partial charge in [0.1, 0.15) is 11.6 Å². The molecule has 2 amide bonds. The van der Waals surface area contributed by atoms with Crippen LogP contribution >= 0.6 is 35.7 Å². The number of hydrogen-bond acceptors (Lipinski definition) is 5. The molecule has 0 aromatic heterocycles. The smallest absolute Gasteiger partial charge is 0.327 e. The van der Waals surface area contributed by atoms with Gasteiger partial charge in [0.2, 0.25) is 0 Å². The Labute approximate surface area is 214 Å². The summed E-state index contributed by atoms with van der Waals surface area (Å²) >= 11 is 1.54. The first-order valence-electron chi connectivity index (χ1n) is 11.0. The van der Waals surface area contributed by atoms with Crippen molar-refractivity contribution in [1.82, 2.24) is 10.6 Å². The number of unbranched alkanes of at least 4 members (excludes halogenated alkanes) is 1. The van der Waals surface area contributed by atoms with E-state index in [-0.39, 0.29) is 28.2 Å². The monoisotopic (exact) mass is 656 g/mol. The summed E-state index contributed by atoms with van der Waals surface area (Å²) in [4.78, 5) is 24.3. The summed E-state index contributed by atoms with van der Waals surface area (Å²) in [6, 6.07) is 2.51. The van der Waals surface area contributed by atoms with Crippen molar-refractivity contribution >= 4 is 47.6 Å². The van der Waals surface area contributed by atoms with E-state index in [1.807, 2.05) is 17.1 Å². The summed E-state index contributed by atoms with van der Waals surface area (Å²) in [5, 5.41) is 15.8. The second-order valence-electron chi connectivity index (χ2n) is 8.04. The Morgan fingerprint density at radius 3 is 2.56 bits per heavy atom. The Morgan fingerprint density at radius 1 is 1.21 bits per heavy atom. The van der Waals surface area contributed by atoms with Crippen LogP contribution in [0, 0.1) is 11.6 Å². The average molecular weight is 657 g/mol. The molecule has 2 unspecified atom stereocenters. The SMILES string of the molecule is CC1C=C(Br)C=CI1[C@@H](N)[C@H](O)C(=O)NCCCCNC(=O)CC(N)Cc1cc(F)ccc1F. The number of allylic oxidation sites excluding steroid dienone is 3. The van der Waals surface area contributed by atoms with Crippen molar-refractivity contribution in [2.24, 2.45) is 11.5 Å². The summed E-state index contributed by atoms with van der Waals surface area (Å²) in [6.45, 7) is 2.78. The zero-order valence-electron chi connectivity index (χ0n) is 18.9. The molecule has 4 atom stereocenters. The molecule has 0 bridgehead atoms. The van der Waals surface area contributed by atoms with Gasteiger partial charge >= 0.3 is 159 Å². The van der Waals surface area contributed by atoms with Crippen molar-refractivity contribution in [2.75, 3.05) is 13.1 Å². The topological polar surface area (TPSA) is 130 Å². The second-order valence-corrected chi connectivity index (χ2v) is 15.2. The van der Waals surface area contributed by atoms with E-state index >= 15 is 0 Å². The zero-order valence-corrected chi connectivity index (χ0v) is 22.7. The van der Waals surface area contributed by atoms with Crippen LogP contribution in [0.5, 0.6) is 0 Å². The van der Waals surface area contributed by atoms with Crippen LogP contribution in [0.3, 0.4) is 0 Å². The van der Waals surface area contributed by atoms with E-state index in [9.17, 15) is 23.5 Å². The number of halogens is 4. The number of aliphatic hydroxyl groups is 1. The van der Waals surface area contributed by atoms with Crippen LogP contribution in [-0.4, -0.2) is 50.1 Å². The molecule has 0 aliphatic carbocycles. The number of nitrogens with two attached hydrogens (primary N) is 2. The van der Waals surface area contributed by atoms with Gasteiger partial charge in [-0.1, -0.05) is 0 Å². The molecule has 7 N–H and O–H groups in total. The van der Waals surface area contributed by atoms with Crippen molar-refractivity contribution in [3.63, 3.8) is 0 Å². The van der Waals surface area contributed by atoms with E-state index in [1.54, 1.807) is 0 Å². The molecule has 0 fully saturated rings. The number of rotatable bonds is 12. The number of amides is 2. The van der Waals surface area contributed by atoms with Crippen molar-refractivity contribution in [2.45, 2.75) is 52.7 Å². The number of alkyl halides is 2. The fourth-order valence-corrected chi connectivity index (χ4v) is 10.0. The van der Waals surface area contributed by atoms with E-state index in [4.69, 9.17) is 11.5 Å². The maximum atomic E-state index is 13.7. The predicted octanol–water partition coefficient (Wildman–Crippen LogP) is 2.58. The van der Waals surface area contributed by atoms with E-state index in [2.05, 4.69) is 32.6 Å². The van der Waals surface area contributed by atoms with Crippen LogP contribution in [0.4, 0.5) is 8.78 Å². The first-order chi connectivity index (χ1) is 16.1. The van der Waals surface area contributed by atoms with Gasteiger partial charge in [-0.25, -0.2) is 8.78 Å². The molecular formula is C23H32BrF2IN4O3. The van der Waals surface area contributed by atoms with Crippen molar-refractivity contribution in [1.29, 1.82) is 0 Å². The van der Waals surface area contributed by atoms with E-state index in [0.717, 1.165) is 22.7 Å². The molecule has 0 spiro atoms. The van der Waals surface area contributed by atoms with Crippen molar-refractivity contribution in [3.05, 3.63) is 56.1 Å². The number of aliphatic hydroxyl groups excluding tert-OH is 1. The van der Waals surface area contributed by atoms with E-state index in [0.29, 0.717) is 25.9 Å². The number of nitrogens with one attached hydrogen (secondary N) is 2. The minimum absolute atomic E-state index is 0.0129. The number of carbonyl (C=O) groups excluding carboxylic acids is 2. The maximum absolute atomic E-state index is 13.7. The fraction of sp³-hybridized carbons (Fsp3) is 0.478. The minimum Gasteiger partial charge on any atom is -0.327 e. The molecule has 1 aliphatic rings. The summed E-state index contributed by atoms with van der Waals surface area (Å²) < 4.78 is 29.6. The molecule has 11 heteroatoms. The van der Waals surface area contributed by atoms with Gasteiger partial charge in [0.15, 0.2) is 0 Å². The summed E-state index contributed by atoms with van der Waals surface area (Å²) in [7, 11) is 0. The normalized spacial score (nSPS) is 19.2. The van der Waals surface area contributed by atoms with Crippen LogP contribution in [0.25, 0.3) is 0 Å². The van der Waals surface area contributed by atoms with Crippen molar-refractivity contribution in [3.8, 4) is 0 Å². The molecule has 0 radical (unpaired) electrons. The molecule has 0 saturated carbocycles. The number of benzene rings is 1. The van der Waals surface area contributed by atoms with Crippen molar-refractivity contribution < 1.29 is 23.5 Å². The Morgan fingerprint density at radius 2 is 1.88 bits per heavy atom. The van der Waals surface area contributed by atoms with Gasteiger partial charge in [-0.3, -0.25) is 0 Å². The molecule has 1 aromatic rings.